The highest BCUT2D eigenvalue weighted by Crippen LogP contribution is 2.25. The second kappa shape index (κ2) is 12.7. The normalized spacial score (nSPS) is 16.5. The number of pyridine rings is 1. The molecule has 0 bridgehead atoms. The molecule has 2 atom stereocenters. The molecule has 176 valence electrons. The highest BCUT2D eigenvalue weighted by Gasteiger charge is 2.33. The Balaban J connectivity index is 1.79. The van der Waals surface area contributed by atoms with E-state index in [0.717, 1.165) is 44.1 Å². The number of benzene rings is 1. The Kier molecular flexibility index (Phi) is 9.42. The molecule has 0 saturated heterocycles. The minimum absolute atomic E-state index is 0.00650. The van der Waals surface area contributed by atoms with Gasteiger partial charge in [-0.05, 0) is 36.5 Å². The zero-order valence-electron chi connectivity index (χ0n) is 19.2. The maximum absolute atomic E-state index is 13.5. The van der Waals surface area contributed by atoms with Crippen LogP contribution in [0.1, 0.15) is 61.0 Å². The van der Waals surface area contributed by atoms with Gasteiger partial charge in [0.25, 0.3) is 5.91 Å². The van der Waals surface area contributed by atoms with E-state index in [0.29, 0.717) is 6.42 Å². The summed E-state index contributed by atoms with van der Waals surface area (Å²) in [5.74, 6) is -1.28. The zero-order valence-corrected chi connectivity index (χ0v) is 19.2. The van der Waals surface area contributed by atoms with Gasteiger partial charge in [-0.2, -0.15) is 0 Å². The van der Waals surface area contributed by atoms with Crippen molar-refractivity contribution in [3.05, 3.63) is 66.0 Å². The molecule has 2 N–H and O–H groups in total. The third kappa shape index (κ3) is 7.41. The lowest BCUT2D eigenvalue weighted by atomic mass is 9.85. The first kappa shape index (κ1) is 24.4. The van der Waals surface area contributed by atoms with E-state index in [1.165, 1.54) is 13.5 Å². The number of carbonyl (C=O) groups excluding carboxylic acids is 3. The van der Waals surface area contributed by atoms with E-state index in [1.54, 1.807) is 24.4 Å². The molecule has 2 aromatic rings. The van der Waals surface area contributed by atoms with Gasteiger partial charge >= 0.3 is 5.97 Å². The Morgan fingerprint density at radius 1 is 0.939 bits per heavy atom. The molecule has 1 aliphatic rings. The third-order valence-electron chi connectivity index (χ3n) is 6.17. The van der Waals surface area contributed by atoms with E-state index in [4.69, 9.17) is 4.74 Å². The third-order valence-corrected chi connectivity index (χ3v) is 6.17. The highest BCUT2D eigenvalue weighted by molar-refractivity contribution is 5.97. The van der Waals surface area contributed by atoms with Crippen LogP contribution in [0.4, 0.5) is 0 Å². The van der Waals surface area contributed by atoms with Crippen LogP contribution in [0, 0.1) is 5.92 Å². The number of rotatable bonds is 8. The molecule has 1 aliphatic carbocycles. The van der Waals surface area contributed by atoms with E-state index in [-0.39, 0.29) is 17.5 Å². The molecular weight excluding hydrogens is 418 g/mol. The van der Waals surface area contributed by atoms with Gasteiger partial charge in [-0.1, -0.05) is 68.5 Å². The fraction of sp³-hybridized carbons (Fsp3) is 0.462. The number of esters is 1. The molecule has 0 aliphatic heterocycles. The number of nitrogens with zero attached hydrogens (tertiary/aromatic N) is 1. The average molecular weight is 452 g/mol. The van der Waals surface area contributed by atoms with Crippen molar-refractivity contribution in [2.24, 2.45) is 5.92 Å². The standard InChI is InChI=1S/C26H33N3O4/c1-33-26(32)22(18-19-12-6-5-7-13-19)28-25(31)23(20-14-8-3-2-4-9-15-20)29-24(30)21-16-10-11-17-27-21/h5-7,10-13,16-17,20,22-23H,2-4,8-9,14-15,18H2,1H3,(H,28,31)(H,29,30)/t22-,23-/m0/s1. The maximum Gasteiger partial charge on any atom is 0.328 e. The summed E-state index contributed by atoms with van der Waals surface area (Å²) < 4.78 is 4.95. The summed E-state index contributed by atoms with van der Waals surface area (Å²) in [4.78, 5) is 42.9. The van der Waals surface area contributed by atoms with Gasteiger partial charge in [0.2, 0.25) is 5.91 Å². The lowest BCUT2D eigenvalue weighted by molar-refractivity contribution is -0.145. The van der Waals surface area contributed by atoms with Crippen LogP contribution < -0.4 is 10.6 Å². The van der Waals surface area contributed by atoms with Crippen molar-refractivity contribution in [3.63, 3.8) is 0 Å². The molecule has 1 heterocycles. The van der Waals surface area contributed by atoms with Crippen LogP contribution in [-0.2, 0) is 20.7 Å². The molecule has 3 rings (SSSR count). The predicted octanol–water partition coefficient (Wildman–Crippen LogP) is 3.44. The van der Waals surface area contributed by atoms with Crippen LogP contribution in [0.5, 0.6) is 0 Å². The van der Waals surface area contributed by atoms with Gasteiger partial charge in [0.05, 0.1) is 7.11 Å². The largest absolute Gasteiger partial charge is 0.467 e. The van der Waals surface area contributed by atoms with Gasteiger partial charge in [0.1, 0.15) is 17.8 Å². The summed E-state index contributed by atoms with van der Waals surface area (Å²) in [5, 5.41) is 5.77. The van der Waals surface area contributed by atoms with Gasteiger partial charge in [-0.15, -0.1) is 0 Å². The van der Waals surface area contributed by atoms with Crippen molar-refractivity contribution in [2.45, 2.75) is 63.5 Å². The lowest BCUT2D eigenvalue weighted by Crippen LogP contribution is -2.55. The van der Waals surface area contributed by atoms with Crippen molar-refractivity contribution in [3.8, 4) is 0 Å². The molecule has 7 heteroatoms. The molecule has 1 saturated carbocycles. The monoisotopic (exact) mass is 451 g/mol. The summed E-state index contributed by atoms with van der Waals surface area (Å²) in [6.07, 6.45) is 9.03. The van der Waals surface area contributed by atoms with E-state index >= 15 is 0 Å². The lowest BCUT2D eigenvalue weighted by Gasteiger charge is -2.30. The molecule has 33 heavy (non-hydrogen) atoms. The molecule has 0 spiro atoms. The second-order valence-corrected chi connectivity index (χ2v) is 8.55. The second-order valence-electron chi connectivity index (χ2n) is 8.55. The number of amides is 2. The fourth-order valence-electron chi connectivity index (χ4n) is 4.38. The van der Waals surface area contributed by atoms with E-state index in [2.05, 4.69) is 15.6 Å². The van der Waals surface area contributed by atoms with Crippen molar-refractivity contribution >= 4 is 17.8 Å². The van der Waals surface area contributed by atoms with Crippen molar-refractivity contribution in [1.29, 1.82) is 0 Å². The Morgan fingerprint density at radius 3 is 2.24 bits per heavy atom. The maximum atomic E-state index is 13.5. The summed E-state index contributed by atoms with van der Waals surface area (Å²) >= 11 is 0. The van der Waals surface area contributed by atoms with Gasteiger partial charge in [-0.25, -0.2) is 4.79 Å². The number of hydrogen-bond donors (Lipinski definition) is 2. The Bertz CT molecular complexity index is 896. The van der Waals surface area contributed by atoms with E-state index in [9.17, 15) is 14.4 Å². The molecule has 1 aromatic carbocycles. The van der Waals surface area contributed by atoms with E-state index < -0.39 is 24.0 Å². The minimum Gasteiger partial charge on any atom is -0.467 e. The summed E-state index contributed by atoms with van der Waals surface area (Å²) in [6, 6.07) is 13.0. The summed E-state index contributed by atoms with van der Waals surface area (Å²) in [6.45, 7) is 0. The number of methoxy groups -OCH3 is 1. The first-order chi connectivity index (χ1) is 16.1. The Hall–Kier alpha value is -3.22. The average Bonchev–Trinajstić information content (AvgIpc) is 2.83. The van der Waals surface area contributed by atoms with Gasteiger partial charge in [-0.3, -0.25) is 14.6 Å². The quantitative estimate of drug-likeness (QED) is 0.599. The predicted molar refractivity (Wildman–Crippen MR) is 125 cm³/mol. The Morgan fingerprint density at radius 2 is 1.61 bits per heavy atom. The Labute approximate surface area is 195 Å². The fourth-order valence-corrected chi connectivity index (χ4v) is 4.38. The summed E-state index contributed by atoms with van der Waals surface area (Å²) in [5.41, 5.74) is 1.17. The van der Waals surface area contributed by atoms with Crippen LogP contribution in [0.3, 0.4) is 0 Å². The number of hydrogen-bond acceptors (Lipinski definition) is 5. The molecule has 0 unspecified atom stereocenters. The van der Waals surface area contributed by atoms with Crippen molar-refractivity contribution < 1.29 is 19.1 Å². The molecule has 2 amide bonds. The van der Waals surface area contributed by atoms with Gasteiger partial charge in [0.15, 0.2) is 0 Å². The van der Waals surface area contributed by atoms with Crippen LogP contribution >= 0.6 is 0 Å². The van der Waals surface area contributed by atoms with Crippen LogP contribution in [-0.4, -0.2) is 42.0 Å². The molecule has 1 fully saturated rings. The first-order valence-corrected chi connectivity index (χ1v) is 11.7. The van der Waals surface area contributed by atoms with Crippen LogP contribution in [0.2, 0.25) is 0 Å². The first-order valence-electron chi connectivity index (χ1n) is 11.7. The smallest absolute Gasteiger partial charge is 0.328 e. The van der Waals surface area contributed by atoms with Gasteiger partial charge in [0, 0.05) is 12.6 Å². The molecular formula is C26H33N3O4. The van der Waals surface area contributed by atoms with E-state index in [1.807, 2.05) is 30.3 Å². The number of carbonyl (C=O) groups is 3. The van der Waals surface area contributed by atoms with Crippen LogP contribution in [0.15, 0.2) is 54.7 Å². The molecule has 7 nitrogen and oxygen atoms in total. The number of ether oxygens (including phenoxy) is 1. The minimum atomic E-state index is -0.840. The summed E-state index contributed by atoms with van der Waals surface area (Å²) in [7, 11) is 1.31. The topological polar surface area (TPSA) is 97.4 Å². The zero-order chi connectivity index (χ0) is 23.5. The molecule has 0 radical (unpaired) electrons. The van der Waals surface area contributed by atoms with Crippen molar-refractivity contribution in [2.75, 3.05) is 7.11 Å². The highest BCUT2D eigenvalue weighted by atomic mass is 16.5. The van der Waals surface area contributed by atoms with Crippen molar-refractivity contribution in [1.82, 2.24) is 15.6 Å². The number of aromatic nitrogens is 1. The number of nitrogens with one attached hydrogen (secondary N) is 2. The molecule has 1 aromatic heterocycles. The van der Waals surface area contributed by atoms with Gasteiger partial charge < -0.3 is 15.4 Å². The van der Waals surface area contributed by atoms with Crippen LogP contribution in [0.25, 0.3) is 0 Å². The SMILES string of the molecule is COC(=O)[C@H](Cc1ccccc1)NC(=O)[C@@H](NC(=O)c1ccccn1)C1CCCCCCC1.